The number of nitrogens with two attached hydrogens (primary N) is 1. The van der Waals surface area contributed by atoms with Crippen molar-refractivity contribution in [1.82, 2.24) is 5.32 Å². The highest BCUT2D eigenvalue weighted by Crippen LogP contribution is 2.38. The summed E-state index contributed by atoms with van der Waals surface area (Å²) in [5.41, 5.74) is 5.10. The van der Waals surface area contributed by atoms with Crippen LogP contribution in [0.1, 0.15) is 51.4 Å². The van der Waals surface area contributed by atoms with Crippen LogP contribution in [0.3, 0.4) is 0 Å². The molecule has 2 aliphatic carbocycles. The van der Waals surface area contributed by atoms with Crippen molar-refractivity contribution in [2.75, 3.05) is 6.54 Å². The van der Waals surface area contributed by atoms with Crippen molar-refractivity contribution in [2.45, 2.75) is 57.4 Å². The van der Waals surface area contributed by atoms with Gasteiger partial charge >= 0.3 is 5.97 Å². The van der Waals surface area contributed by atoms with Crippen molar-refractivity contribution < 1.29 is 14.7 Å². The number of carboxylic acids is 1. The van der Waals surface area contributed by atoms with Crippen molar-refractivity contribution in [3.05, 3.63) is 0 Å². The number of hydrogen-bond acceptors (Lipinski definition) is 3. The molecule has 4 N–H and O–H groups in total. The number of carbonyl (C=O) groups excluding carboxylic acids is 1. The van der Waals surface area contributed by atoms with Crippen LogP contribution in [-0.4, -0.2) is 29.6 Å². The summed E-state index contributed by atoms with van der Waals surface area (Å²) in [4.78, 5) is 23.5. The maximum absolute atomic E-state index is 12.1. The van der Waals surface area contributed by atoms with Crippen LogP contribution in [0.2, 0.25) is 0 Å². The third-order valence-corrected chi connectivity index (χ3v) is 4.76. The van der Waals surface area contributed by atoms with E-state index in [0.717, 1.165) is 38.5 Å². The summed E-state index contributed by atoms with van der Waals surface area (Å²) in [6, 6.07) is 0.226. The topological polar surface area (TPSA) is 92.4 Å². The lowest BCUT2D eigenvalue weighted by Gasteiger charge is -2.28. The zero-order valence-electron chi connectivity index (χ0n) is 11.4. The van der Waals surface area contributed by atoms with Gasteiger partial charge in [-0.15, -0.1) is 0 Å². The number of carboxylic acid groups (broad SMARTS) is 1. The summed E-state index contributed by atoms with van der Waals surface area (Å²) >= 11 is 0. The molecule has 0 heterocycles. The van der Waals surface area contributed by atoms with Crippen molar-refractivity contribution >= 4 is 11.9 Å². The van der Waals surface area contributed by atoms with Crippen LogP contribution in [0.5, 0.6) is 0 Å². The van der Waals surface area contributed by atoms with E-state index in [9.17, 15) is 14.7 Å². The molecule has 0 unspecified atom stereocenters. The second kappa shape index (κ2) is 5.90. The predicted molar refractivity (Wildman–Crippen MR) is 71.5 cm³/mol. The molecule has 0 aromatic rings. The van der Waals surface area contributed by atoms with Gasteiger partial charge in [-0.05, 0) is 38.5 Å². The maximum atomic E-state index is 12.1. The molecule has 0 aromatic carbocycles. The smallest absolute Gasteiger partial charge is 0.311 e. The van der Waals surface area contributed by atoms with Crippen LogP contribution in [-0.2, 0) is 9.59 Å². The Hall–Kier alpha value is -1.10. The lowest BCUT2D eigenvalue weighted by atomic mass is 9.84. The summed E-state index contributed by atoms with van der Waals surface area (Å²) < 4.78 is 0. The first-order chi connectivity index (χ1) is 9.03. The molecule has 1 amide bonds. The van der Waals surface area contributed by atoms with Gasteiger partial charge in [0.15, 0.2) is 0 Å². The number of hydrogen-bond donors (Lipinski definition) is 3. The van der Waals surface area contributed by atoms with E-state index in [1.807, 2.05) is 0 Å². The molecule has 0 atom stereocenters. The monoisotopic (exact) mass is 268 g/mol. The Bertz CT molecular complexity index is 343. The highest BCUT2D eigenvalue weighted by molar-refractivity contribution is 5.81. The van der Waals surface area contributed by atoms with Crippen molar-refractivity contribution in [3.8, 4) is 0 Å². The SMILES string of the molecule is NC1CCC(C(=O)NCC2(C(=O)O)CCCC2)CC1. The van der Waals surface area contributed by atoms with Gasteiger partial charge in [-0.3, -0.25) is 9.59 Å². The van der Waals surface area contributed by atoms with E-state index < -0.39 is 11.4 Å². The molecule has 2 saturated carbocycles. The van der Waals surface area contributed by atoms with Crippen molar-refractivity contribution in [3.63, 3.8) is 0 Å². The lowest BCUT2D eigenvalue weighted by Crippen LogP contribution is -2.44. The first kappa shape index (κ1) is 14.3. The molecule has 0 aliphatic heterocycles. The normalized spacial score (nSPS) is 29.9. The summed E-state index contributed by atoms with van der Waals surface area (Å²) in [6.45, 7) is 0.281. The fourth-order valence-corrected chi connectivity index (χ4v) is 3.30. The number of nitrogens with one attached hydrogen (secondary N) is 1. The summed E-state index contributed by atoms with van der Waals surface area (Å²) in [5.74, 6) is -0.734. The number of carbonyl (C=O) groups is 2. The quantitative estimate of drug-likeness (QED) is 0.715. The molecule has 0 radical (unpaired) electrons. The Morgan fingerprint density at radius 3 is 2.26 bits per heavy atom. The molecule has 19 heavy (non-hydrogen) atoms. The third kappa shape index (κ3) is 3.26. The molecular weight excluding hydrogens is 244 g/mol. The molecule has 0 bridgehead atoms. The van der Waals surface area contributed by atoms with Gasteiger partial charge in [0.1, 0.15) is 0 Å². The van der Waals surface area contributed by atoms with Gasteiger partial charge in [0, 0.05) is 18.5 Å². The van der Waals surface area contributed by atoms with Crippen LogP contribution in [0.25, 0.3) is 0 Å². The Morgan fingerprint density at radius 2 is 1.74 bits per heavy atom. The maximum Gasteiger partial charge on any atom is 0.311 e. The molecule has 0 spiro atoms. The van der Waals surface area contributed by atoms with Crippen LogP contribution in [0, 0.1) is 11.3 Å². The molecule has 0 saturated heterocycles. The first-order valence-corrected chi connectivity index (χ1v) is 7.30. The summed E-state index contributed by atoms with van der Waals surface area (Å²) in [5, 5.41) is 12.2. The number of amides is 1. The summed E-state index contributed by atoms with van der Waals surface area (Å²) in [7, 11) is 0. The summed E-state index contributed by atoms with van der Waals surface area (Å²) in [6.07, 6.45) is 6.68. The fourth-order valence-electron chi connectivity index (χ4n) is 3.30. The highest BCUT2D eigenvalue weighted by atomic mass is 16.4. The molecule has 2 fully saturated rings. The largest absolute Gasteiger partial charge is 0.481 e. The molecule has 5 heteroatoms. The van der Waals surface area contributed by atoms with E-state index in [1.165, 1.54) is 0 Å². The minimum Gasteiger partial charge on any atom is -0.481 e. The van der Waals surface area contributed by atoms with Crippen LogP contribution in [0.4, 0.5) is 0 Å². The molecule has 5 nitrogen and oxygen atoms in total. The molecule has 2 aliphatic rings. The van der Waals surface area contributed by atoms with E-state index in [-0.39, 0.29) is 24.4 Å². The molecule has 2 rings (SSSR count). The minimum absolute atomic E-state index is 0.0134. The van der Waals surface area contributed by atoms with E-state index in [1.54, 1.807) is 0 Å². The zero-order chi connectivity index (χ0) is 13.9. The van der Waals surface area contributed by atoms with Gasteiger partial charge in [-0.2, -0.15) is 0 Å². The average Bonchev–Trinajstić information content (AvgIpc) is 2.87. The Kier molecular flexibility index (Phi) is 4.45. The van der Waals surface area contributed by atoms with Crippen molar-refractivity contribution in [1.29, 1.82) is 0 Å². The van der Waals surface area contributed by atoms with E-state index in [2.05, 4.69) is 5.32 Å². The Morgan fingerprint density at radius 1 is 1.16 bits per heavy atom. The van der Waals surface area contributed by atoms with Gasteiger partial charge in [-0.25, -0.2) is 0 Å². The van der Waals surface area contributed by atoms with Crippen LogP contribution >= 0.6 is 0 Å². The Balaban J connectivity index is 1.84. The average molecular weight is 268 g/mol. The standard InChI is InChI=1S/C14H24N2O3/c15-11-5-3-10(4-6-11)12(17)16-9-14(13(18)19)7-1-2-8-14/h10-11H,1-9,15H2,(H,16,17)(H,18,19). The van der Waals surface area contributed by atoms with Gasteiger partial charge in [0.25, 0.3) is 0 Å². The van der Waals surface area contributed by atoms with Gasteiger partial charge in [0.05, 0.1) is 5.41 Å². The van der Waals surface area contributed by atoms with Gasteiger partial charge in [0.2, 0.25) is 5.91 Å². The van der Waals surface area contributed by atoms with E-state index in [4.69, 9.17) is 5.73 Å². The van der Waals surface area contributed by atoms with Crippen LogP contribution in [0.15, 0.2) is 0 Å². The van der Waals surface area contributed by atoms with Crippen molar-refractivity contribution in [2.24, 2.45) is 17.1 Å². The minimum atomic E-state index is -0.768. The number of aliphatic carboxylic acids is 1. The Labute approximate surface area is 113 Å². The van der Waals surface area contributed by atoms with Crippen LogP contribution < -0.4 is 11.1 Å². The second-order valence-corrected chi connectivity index (χ2v) is 6.12. The third-order valence-electron chi connectivity index (χ3n) is 4.76. The lowest BCUT2D eigenvalue weighted by molar-refractivity contribution is -0.148. The van der Waals surface area contributed by atoms with Gasteiger partial charge < -0.3 is 16.2 Å². The zero-order valence-corrected chi connectivity index (χ0v) is 11.4. The fraction of sp³-hybridized carbons (Fsp3) is 0.857. The molecule has 0 aromatic heterocycles. The second-order valence-electron chi connectivity index (χ2n) is 6.12. The first-order valence-electron chi connectivity index (χ1n) is 7.30. The van der Waals surface area contributed by atoms with E-state index in [0.29, 0.717) is 12.8 Å². The van der Waals surface area contributed by atoms with E-state index >= 15 is 0 Å². The molecular formula is C14H24N2O3. The van der Waals surface area contributed by atoms with Gasteiger partial charge in [-0.1, -0.05) is 12.8 Å². The number of rotatable bonds is 4. The predicted octanol–water partition coefficient (Wildman–Crippen LogP) is 1.27. The molecule has 108 valence electrons. The highest BCUT2D eigenvalue weighted by Gasteiger charge is 2.41.